The first-order valence-electron chi connectivity index (χ1n) is 2.62. The second-order valence-corrected chi connectivity index (χ2v) is 3.48. The Labute approximate surface area is 83.9 Å². The highest BCUT2D eigenvalue weighted by Gasteiger charge is 2.70. The smallest absolute Gasteiger partial charge is 0.260 e. The second kappa shape index (κ2) is 4.03. The van der Waals surface area contributed by atoms with Crippen LogP contribution in [0.5, 0.6) is 0 Å². The van der Waals surface area contributed by atoms with Crippen LogP contribution < -0.4 is 0 Å². The van der Waals surface area contributed by atoms with Gasteiger partial charge in [0.05, 0.1) is 4.92 Å². The average Bonchev–Trinajstić information content (AvgIpc) is 2.02. The minimum absolute atomic E-state index is 1.87. The fourth-order valence-corrected chi connectivity index (χ4v) is 0.774. The van der Waals surface area contributed by atoms with Crippen LogP contribution in [0.25, 0.3) is 0 Å². The molecule has 0 spiro atoms. The molecule has 7 nitrogen and oxygen atoms in total. The van der Waals surface area contributed by atoms with E-state index in [9.17, 15) is 36.2 Å². The van der Waals surface area contributed by atoms with Gasteiger partial charge in [-0.2, -0.15) is 21.4 Å². The van der Waals surface area contributed by atoms with Crippen LogP contribution in [-0.2, 0) is 19.0 Å². The maximum absolute atomic E-state index is 12.4. The second-order valence-electron chi connectivity index (χ2n) is 1.87. The van der Waals surface area contributed by atoms with E-state index in [1.54, 1.807) is 0 Å². The number of hydrogen-bond donors (Lipinski definition) is 0. The van der Waals surface area contributed by atoms with E-state index in [-0.39, 0.29) is 0 Å². The molecular weight excluding hydrogens is 278 g/mol. The molecule has 0 aliphatic heterocycles. The molecule has 0 aromatic heterocycles. The molecule has 0 N–H and O–H groups in total. The van der Waals surface area contributed by atoms with Gasteiger partial charge in [0.15, 0.2) is 0 Å². The van der Waals surface area contributed by atoms with Crippen molar-refractivity contribution >= 4 is 22.0 Å². The van der Waals surface area contributed by atoms with Crippen molar-refractivity contribution in [2.45, 2.75) is 11.4 Å². The molecule has 0 saturated heterocycles. The number of rotatable bonds is 5. The predicted molar refractivity (Wildman–Crippen MR) is 33.8 cm³/mol. The molecular formula is C2ClF4NO6S. The van der Waals surface area contributed by atoms with E-state index in [1.165, 1.54) is 0 Å². The molecule has 90 valence electrons. The summed E-state index contributed by atoms with van der Waals surface area (Å²) < 4.78 is 72.2. The fourth-order valence-electron chi connectivity index (χ4n) is 0.297. The van der Waals surface area contributed by atoms with Crippen LogP contribution in [0.2, 0.25) is 0 Å². The van der Waals surface area contributed by atoms with Crippen molar-refractivity contribution in [3.63, 3.8) is 0 Å². The van der Waals surface area contributed by atoms with Crippen molar-refractivity contribution in [3.8, 4) is 0 Å². The standard InChI is InChI=1S/C2ClF4NO6S/c3-1(4,8(9)10)2(5,6)13-15(11,12)14-7. The third-order valence-corrected chi connectivity index (χ3v) is 1.79. The van der Waals surface area contributed by atoms with E-state index >= 15 is 0 Å². The Morgan fingerprint density at radius 1 is 1.33 bits per heavy atom. The third-order valence-electron chi connectivity index (χ3n) is 0.863. The van der Waals surface area contributed by atoms with Crippen LogP contribution in [0.15, 0.2) is 0 Å². The number of halogens is 5. The Bertz CT molecular complexity index is 354. The van der Waals surface area contributed by atoms with Gasteiger partial charge in [-0.3, -0.25) is 10.1 Å². The van der Waals surface area contributed by atoms with Gasteiger partial charge in [-0.25, -0.2) is 0 Å². The Hall–Kier alpha value is -0.720. The fraction of sp³-hybridized carbons (Fsp3) is 1.00. The summed E-state index contributed by atoms with van der Waals surface area (Å²) in [5.74, 6) is 0. The molecule has 0 bridgehead atoms. The quantitative estimate of drug-likeness (QED) is 0.243. The molecule has 0 saturated carbocycles. The Kier molecular flexibility index (Phi) is 3.84. The van der Waals surface area contributed by atoms with Gasteiger partial charge in [0.2, 0.25) is 0 Å². The summed E-state index contributed by atoms with van der Waals surface area (Å²) in [6.45, 7) is 0. The lowest BCUT2D eigenvalue weighted by molar-refractivity contribution is -0.621. The first kappa shape index (κ1) is 14.3. The van der Waals surface area contributed by atoms with Crippen molar-refractivity contribution < 1.29 is 39.6 Å². The Balaban J connectivity index is 5.09. The lowest BCUT2D eigenvalue weighted by Crippen LogP contribution is -2.48. The van der Waals surface area contributed by atoms with Crippen molar-refractivity contribution in [2.24, 2.45) is 0 Å². The first-order valence-corrected chi connectivity index (χ1v) is 4.33. The number of nitrogens with zero attached hydrogens (tertiary/aromatic N) is 1. The van der Waals surface area contributed by atoms with Gasteiger partial charge in [0.1, 0.15) is 0 Å². The van der Waals surface area contributed by atoms with Crippen LogP contribution >= 0.6 is 11.6 Å². The predicted octanol–water partition coefficient (Wildman–Crippen LogP) is 0.881. The summed E-state index contributed by atoms with van der Waals surface area (Å²) in [7, 11) is -5.94. The van der Waals surface area contributed by atoms with Gasteiger partial charge >= 0.3 is 21.8 Å². The van der Waals surface area contributed by atoms with Crippen LogP contribution in [0.1, 0.15) is 0 Å². The monoisotopic (exact) mass is 277 g/mol. The van der Waals surface area contributed by atoms with Gasteiger partial charge in [0, 0.05) is 11.6 Å². The summed E-state index contributed by atoms with van der Waals surface area (Å²) in [5.41, 5.74) is 0. The Morgan fingerprint density at radius 3 is 2.00 bits per heavy atom. The van der Waals surface area contributed by atoms with Crippen molar-refractivity contribution in [1.29, 1.82) is 0 Å². The molecule has 1 atom stereocenters. The van der Waals surface area contributed by atoms with Crippen LogP contribution in [0, 0.1) is 10.1 Å². The highest BCUT2D eigenvalue weighted by atomic mass is 35.5. The zero-order valence-corrected chi connectivity index (χ0v) is 7.77. The van der Waals surface area contributed by atoms with Gasteiger partial charge in [-0.15, -0.1) is 4.39 Å². The summed E-state index contributed by atoms with van der Waals surface area (Å²) in [6.07, 6.45) is -5.65. The van der Waals surface area contributed by atoms with Crippen LogP contribution in [0.3, 0.4) is 0 Å². The molecule has 0 heterocycles. The molecule has 13 heteroatoms. The summed E-state index contributed by atoms with van der Waals surface area (Å²) >= 11 is 4.04. The third kappa shape index (κ3) is 3.12. The minimum Gasteiger partial charge on any atom is -0.260 e. The normalized spacial score (nSPS) is 17.1. The maximum Gasteiger partial charge on any atom is 0.530 e. The molecule has 0 amide bonds. The number of alkyl halides is 4. The SMILES string of the molecule is O=[N+]([O-])C(F)(Cl)C(F)(F)OS(=O)(=O)OF. The van der Waals surface area contributed by atoms with Gasteiger partial charge < -0.3 is 0 Å². The van der Waals surface area contributed by atoms with E-state index in [0.717, 1.165) is 0 Å². The maximum atomic E-state index is 12.4. The van der Waals surface area contributed by atoms with Gasteiger partial charge in [-0.05, 0) is 8.91 Å². The average molecular weight is 278 g/mol. The highest BCUT2D eigenvalue weighted by Crippen LogP contribution is 2.39. The molecule has 0 aliphatic carbocycles. The van der Waals surface area contributed by atoms with Crippen molar-refractivity contribution in [3.05, 3.63) is 10.1 Å². The zero-order chi connectivity index (χ0) is 12.5. The molecule has 0 radical (unpaired) electrons. The van der Waals surface area contributed by atoms with E-state index in [2.05, 4.69) is 15.8 Å². The molecule has 0 aromatic rings. The topological polar surface area (TPSA) is 95.7 Å². The largest absolute Gasteiger partial charge is 0.530 e. The molecule has 15 heavy (non-hydrogen) atoms. The van der Waals surface area contributed by atoms with E-state index < -0.39 is 26.7 Å². The van der Waals surface area contributed by atoms with Crippen molar-refractivity contribution in [2.75, 3.05) is 0 Å². The van der Waals surface area contributed by atoms with Crippen LogP contribution in [0.4, 0.5) is 17.7 Å². The van der Waals surface area contributed by atoms with E-state index in [0.29, 0.717) is 0 Å². The van der Waals surface area contributed by atoms with Crippen LogP contribution in [-0.4, -0.2) is 24.7 Å². The molecule has 0 rings (SSSR count). The molecule has 0 aliphatic rings. The highest BCUT2D eigenvalue weighted by molar-refractivity contribution is 7.81. The Morgan fingerprint density at radius 2 is 1.73 bits per heavy atom. The summed E-state index contributed by atoms with van der Waals surface area (Å²) in [5, 5.41) is 4.57. The lowest BCUT2D eigenvalue weighted by atomic mass is 10.6. The van der Waals surface area contributed by atoms with Gasteiger partial charge in [-0.1, -0.05) is 0 Å². The first-order chi connectivity index (χ1) is 6.46. The summed E-state index contributed by atoms with van der Waals surface area (Å²) in [4.78, 5) is 7.28. The summed E-state index contributed by atoms with van der Waals surface area (Å²) in [6, 6.07) is 0. The minimum atomic E-state index is -5.94. The lowest BCUT2D eigenvalue weighted by Gasteiger charge is -2.17. The number of hydrogen-bond acceptors (Lipinski definition) is 6. The van der Waals surface area contributed by atoms with E-state index in [1.807, 2.05) is 4.39 Å². The molecule has 1 unspecified atom stereocenters. The zero-order valence-electron chi connectivity index (χ0n) is 6.19. The molecule has 0 fully saturated rings. The number of nitro groups is 1. The van der Waals surface area contributed by atoms with Crippen molar-refractivity contribution in [1.82, 2.24) is 0 Å². The molecule has 0 aromatic carbocycles. The van der Waals surface area contributed by atoms with E-state index in [4.69, 9.17) is 0 Å². The van der Waals surface area contributed by atoms with Gasteiger partial charge in [0.25, 0.3) is 0 Å².